The predicted octanol–water partition coefficient (Wildman–Crippen LogP) is 1.20. The van der Waals surface area contributed by atoms with E-state index < -0.39 is 0 Å². The van der Waals surface area contributed by atoms with Gasteiger partial charge in [0.1, 0.15) is 24.7 Å². The number of nitrogens with zero attached hydrogens (tertiary/aromatic N) is 2. The molecule has 0 unspecified atom stereocenters. The molecule has 0 atom stereocenters. The number of benzene rings is 1. The summed E-state index contributed by atoms with van der Waals surface area (Å²) in [5, 5.41) is 0. The van der Waals surface area contributed by atoms with E-state index in [4.69, 9.17) is 4.74 Å². The number of carbonyl (C=O) groups excluding carboxylic acids is 2. The van der Waals surface area contributed by atoms with Crippen LogP contribution in [0.5, 0.6) is 5.75 Å². The molecule has 1 saturated heterocycles. The molecule has 1 heterocycles. The van der Waals surface area contributed by atoms with Crippen molar-refractivity contribution in [3.63, 3.8) is 0 Å². The van der Waals surface area contributed by atoms with E-state index >= 15 is 0 Å². The van der Waals surface area contributed by atoms with E-state index in [-0.39, 0.29) is 24.2 Å². The van der Waals surface area contributed by atoms with Crippen LogP contribution in [0.1, 0.15) is 0 Å². The summed E-state index contributed by atoms with van der Waals surface area (Å²) in [5.74, 6) is 1.15. The summed E-state index contributed by atoms with van der Waals surface area (Å²) >= 11 is 1.51. The Hall–Kier alpha value is -1.76. The monoisotopic (exact) mass is 312 g/mol. The summed E-state index contributed by atoms with van der Waals surface area (Å²) in [6, 6.07) is 5.72. The second-order valence-electron chi connectivity index (χ2n) is 4.69. The van der Waals surface area contributed by atoms with Gasteiger partial charge in [0.15, 0.2) is 0 Å². The minimum atomic E-state index is -0.317. The number of carbonyl (C=O) groups is 2. The number of ether oxygens (including phenoxy) is 1. The Morgan fingerprint density at radius 3 is 2.76 bits per heavy atom. The van der Waals surface area contributed by atoms with Gasteiger partial charge in [-0.05, 0) is 24.3 Å². The van der Waals surface area contributed by atoms with Crippen LogP contribution < -0.4 is 4.74 Å². The van der Waals surface area contributed by atoms with Crippen molar-refractivity contribution in [1.29, 1.82) is 0 Å². The third-order valence-electron chi connectivity index (χ3n) is 3.09. The molecule has 114 valence electrons. The molecule has 0 saturated carbocycles. The Balaban J connectivity index is 1.71. The van der Waals surface area contributed by atoms with E-state index in [1.54, 1.807) is 11.9 Å². The third kappa shape index (κ3) is 4.63. The number of amides is 2. The molecule has 0 radical (unpaired) electrons. The molecule has 1 aromatic rings. The van der Waals surface area contributed by atoms with Crippen LogP contribution >= 0.6 is 11.8 Å². The number of thioether (sulfide) groups is 1. The van der Waals surface area contributed by atoms with Gasteiger partial charge in [-0.15, -0.1) is 11.8 Å². The average Bonchev–Trinajstić information content (AvgIpc) is 2.86. The highest BCUT2D eigenvalue weighted by Crippen LogP contribution is 2.14. The maximum Gasteiger partial charge on any atom is 0.242 e. The lowest BCUT2D eigenvalue weighted by Crippen LogP contribution is -2.40. The molecule has 1 fully saturated rings. The van der Waals surface area contributed by atoms with E-state index in [9.17, 15) is 14.0 Å². The van der Waals surface area contributed by atoms with Gasteiger partial charge >= 0.3 is 0 Å². The molecule has 1 aliphatic heterocycles. The molecule has 0 bridgehead atoms. The van der Waals surface area contributed by atoms with E-state index in [0.29, 0.717) is 30.5 Å². The van der Waals surface area contributed by atoms with Gasteiger partial charge in [0.25, 0.3) is 0 Å². The summed E-state index contributed by atoms with van der Waals surface area (Å²) in [6.07, 6.45) is 0. The lowest BCUT2D eigenvalue weighted by Gasteiger charge is -2.21. The van der Waals surface area contributed by atoms with Crippen molar-refractivity contribution in [1.82, 2.24) is 9.80 Å². The van der Waals surface area contributed by atoms with Crippen LogP contribution in [0.4, 0.5) is 4.39 Å². The molecule has 5 nitrogen and oxygen atoms in total. The van der Waals surface area contributed by atoms with Gasteiger partial charge in [0.2, 0.25) is 11.8 Å². The largest absolute Gasteiger partial charge is 0.492 e. The van der Waals surface area contributed by atoms with Crippen molar-refractivity contribution in [3.05, 3.63) is 30.1 Å². The van der Waals surface area contributed by atoms with Crippen LogP contribution in [0.15, 0.2) is 24.3 Å². The molecule has 1 aliphatic rings. The molecule has 1 aromatic carbocycles. The molecule has 0 aromatic heterocycles. The fourth-order valence-electron chi connectivity index (χ4n) is 1.78. The summed E-state index contributed by atoms with van der Waals surface area (Å²) in [6.45, 7) is 0.834. The highest BCUT2D eigenvalue weighted by molar-refractivity contribution is 8.00. The van der Waals surface area contributed by atoms with E-state index in [0.717, 1.165) is 0 Å². The molecule has 21 heavy (non-hydrogen) atoms. The number of hydrogen-bond acceptors (Lipinski definition) is 4. The second kappa shape index (κ2) is 7.31. The normalized spacial score (nSPS) is 14.4. The molecular formula is C14H17FN2O3S. The molecule has 0 spiro atoms. The first-order valence-electron chi connectivity index (χ1n) is 6.54. The van der Waals surface area contributed by atoms with E-state index in [1.165, 1.54) is 40.9 Å². The molecule has 0 N–H and O–H groups in total. The zero-order valence-corrected chi connectivity index (χ0v) is 12.6. The Labute approximate surface area is 127 Å². The molecule has 0 aliphatic carbocycles. The van der Waals surface area contributed by atoms with Crippen molar-refractivity contribution in [2.75, 3.05) is 38.4 Å². The molecular weight excluding hydrogens is 295 g/mol. The highest BCUT2D eigenvalue weighted by atomic mass is 32.2. The fourth-order valence-corrected chi connectivity index (χ4v) is 2.68. The minimum absolute atomic E-state index is 0.00399. The maximum atomic E-state index is 12.7. The zero-order chi connectivity index (χ0) is 15.2. The van der Waals surface area contributed by atoms with Gasteiger partial charge in [0.05, 0.1) is 18.2 Å². The van der Waals surface area contributed by atoms with Gasteiger partial charge < -0.3 is 14.5 Å². The van der Waals surface area contributed by atoms with E-state index in [1.807, 2.05) is 0 Å². The minimum Gasteiger partial charge on any atom is -0.492 e. The first-order chi connectivity index (χ1) is 10.1. The van der Waals surface area contributed by atoms with Crippen molar-refractivity contribution >= 4 is 23.6 Å². The Kier molecular flexibility index (Phi) is 5.44. The smallest absolute Gasteiger partial charge is 0.242 e. The van der Waals surface area contributed by atoms with Crippen molar-refractivity contribution in [2.24, 2.45) is 0 Å². The number of likely N-dealkylation sites (N-methyl/N-ethyl adjacent to an activating group) is 1. The van der Waals surface area contributed by atoms with Crippen LogP contribution in [-0.2, 0) is 9.59 Å². The molecule has 2 amide bonds. The first-order valence-corrected chi connectivity index (χ1v) is 7.69. The lowest BCUT2D eigenvalue weighted by molar-refractivity contribution is -0.137. The maximum absolute atomic E-state index is 12.7. The quantitative estimate of drug-likeness (QED) is 0.792. The van der Waals surface area contributed by atoms with Crippen LogP contribution in [0.3, 0.4) is 0 Å². The van der Waals surface area contributed by atoms with Crippen molar-refractivity contribution in [2.45, 2.75) is 0 Å². The second-order valence-corrected chi connectivity index (χ2v) is 5.64. The number of rotatable bonds is 6. The standard InChI is InChI=1S/C14H17FN2O3S/c1-16(13(18)8-17-10-21-9-14(17)19)6-7-20-12-4-2-11(15)3-5-12/h2-5H,6-10H2,1H3. The number of hydrogen-bond donors (Lipinski definition) is 0. The van der Waals surface area contributed by atoms with Gasteiger partial charge in [-0.1, -0.05) is 0 Å². The molecule has 7 heteroatoms. The van der Waals surface area contributed by atoms with Crippen molar-refractivity contribution < 1.29 is 18.7 Å². The summed E-state index contributed by atoms with van der Waals surface area (Å²) in [4.78, 5) is 26.5. The Morgan fingerprint density at radius 1 is 1.43 bits per heavy atom. The summed E-state index contributed by atoms with van der Waals surface area (Å²) in [5.41, 5.74) is 0. The van der Waals surface area contributed by atoms with Crippen molar-refractivity contribution in [3.8, 4) is 5.75 Å². The number of halogens is 1. The first kappa shape index (κ1) is 15.6. The van der Waals surface area contributed by atoms with Crippen LogP contribution in [0, 0.1) is 5.82 Å². The Bertz CT molecular complexity index is 509. The van der Waals surface area contributed by atoms with Crippen LogP contribution in [0.2, 0.25) is 0 Å². The van der Waals surface area contributed by atoms with Gasteiger partial charge in [0, 0.05) is 7.05 Å². The third-order valence-corrected chi connectivity index (χ3v) is 4.03. The van der Waals surface area contributed by atoms with E-state index in [2.05, 4.69) is 0 Å². The van der Waals surface area contributed by atoms with Gasteiger partial charge in [-0.25, -0.2) is 4.39 Å². The van der Waals surface area contributed by atoms with Gasteiger partial charge in [-0.2, -0.15) is 0 Å². The highest BCUT2D eigenvalue weighted by Gasteiger charge is 2.24. The summed E-state index contributed by atoms with van der Waals surface area (Å²) in [7, 11) is 1.67. The van der Waals surface area contributed by atoms with Crippen LogP contribution in [0.25, 0.3) is 0 Å². The summed E-state index contributed by atoms with van der Waals surface area (Å²) < 4.78 is 18.2. The zero-order valence-electron chi connectivity index (χ0n) is 11.8. The van der Waals surface area contributed by atoms with Gasteiger partial charge in [-0.3, -0.25) is 9.59 Å². The SMILES string of the molecule is CN(CCOc1ccc(F)cc1)C(=O)CN1CSCC1=O. The van der Waals surface area contributed by atoms with Crippen LogP contribution in [-0.4, -0.2) is 60.0 Å². The predicted molar refractivity (Wildman–Crippen MR) is 78.6 cm³/mol. The topological polar surface area (TPSA) is 49.9 Å². The fraction of sp³-hybridized carbons (Fsp3) is 0.429. The lowest BCUT2D eigenvalue weighted by atomic mass is 10.3. The average molecular weight is 312 g/mol. The Morgan fingerprint density at radius 2 is 2.14 bits per heavy atom. The molecule has 2 rings (SSSR count).